The van der Waals surface area contributed by atoms with E-state index in [2.05, 4.69) is 15.6 Å². The van der Waals surface area contributed by atoms with E-state index in [9.17, 15) is 14.4 Å². The van der Waals surface area contributed by atoms with E-state index in [1.54, 1.807) is 19.1 Å². The maximum absolute atomic E-state index is 11.9. The molecule has 2 N–H and O–H groups in total. The van der Waals surface area contributed by atoms with Gasteiger partial charge in [0.05, 0.1) is 29.0 Å². The lowest BCUT2D eigenvalue weighted by Gasteiger charge is -2.07. The van der Waals surface area contributed by atoms with Gasteiger partial charge in [-0.05, 0) is 38.5 Å². The van der Waals surface area contributed by atoms with E-state index in [-0.39, 0.29) is 5.75 Å². The van der Waals surface area contributed by atoms with Crippen molar-refractivity contribution in [1.29, 1.82) is 0 Å². The Morgan fingerprint density at radius 2 is 2.00 bits per heavy atom. The number of nitrogens with zero attached hydrogens (tertiary/aromatic N) is 2. The minimum atomic E-state index is -0.495. The standard InChI is InChI=1S/C18H24N4O4S/c1-4-9-19-17(25)21-15(23)11-27-18-20-13-10-12(16(24)26-6-3)7-8-14(13)22(18)5-2/h7-8,10H,4-6,9,11H2,1-3H3,(H2,19,21,23,25). The molecular formula is C18H24N4O4S. The fourth-order valence-corrected chi connectivity index (χ4v) is 3.32. The van der Waals surface area contributed by atoms with Gasteiger partial charge in [0.15, 0.2) is 5.16 Å². The second kappa shape index (κ2) is 9.96. The molecule has 0 radical (unpaired) electrons. The number of carbonyl (C=O) groups excluding carboxylic acids is 3. The molecule has 0 aliphatic rings. The SMILES string of the molecule is CCCNC(=O)NC(=O)CSc1nc2cc(C(=O)OCC)ccc2n1CC. The molecule has 8 nitrogen and oxygen atoms in total. The average Bonchev–Trinajstić information content (AvgIpc) is 3.01. The zero-order chi connectivity index (χ0) is 19.8. The van der Waals surface area contributed by atoms with E-state index < -0.39 is 17.9 Å². The van der Waals surface area contributed by atoms with Crippen LogP contribution < -0.4 is 10.6 Å². The number of fused-ring (bicyclic) bond motifs is 1. The van der Waals surface area contributed by atoms with Crippen LogP contribution in [-0.2, 0) is 16.1 Å². The molecule has 0 aliphatic heterocycles. The molecule has 0 fully saturated rings. The van der Waals surface area contributed by atoms with Crippen molar-refractivity contribution in [3.8, 4) is 0 Å². The maximum atomic E-state index is 11.9. The quantitative estimate of drug-likeness (QED) is 0.529. The smallest absolute Gasteiger partial charge is 0.338 e. The van der Waals surface area contributed by atoms with E-state index in [0.717, 1.165) is 11.9 Å². The lowest BCUT2D eigenvalue weighted by Crippen LogP contribution is -2.40. The highest BCUT2D eigenvalue weighted by Gasteiger charge is 2.15. The summed E-state index contributed by atoms with van der Waals surface area (Å²) in [7, 11) is 0. The van der Waals surface area contributed by atoms with Crippen LogP contribution in [-0.4, -0.2) is 46.4 Å². The van der Waals surface area contributed by atoms with Crippen LogP contribution >= 0.6 is 11.8 Å². The van der Waals surface area contributed by atoms with Crippen molar-refractivity contribution in [2.75, 3.05) is 18.9 Å². The van der Waals surface area contributed by atoms with Crippen molar-refractivity contribution in [3.05, 3.63) is 23.8 Å². The first-order chi connectivity index (χ1) is 13.0. The second-order valence-electron chi connectivity index (χ2n) is 5.66. The molecule has 0 saturated heterocycles. The van der Waals surface area contributed by atoms with Crippen LogP contribution in [0.15, 0.2) is 23.4 Å². The van der Waals surface area contributed by atoms with Gasteiger partial charge in [0.2, 0.25) is 5.91 Å². The summed E-state index contributed by atoms with van der Waals surface area (Å²) in [5.74, 6) is -0.721. The molecule has 1 aromatic heterocycles. The Hall–Kier alpha value is -2.55. The number of amides is 3. The largest absolute Gasteiger partial charge is 0.462 e. The Morgan fingerprint density at radius 3 is 2.67 bits per heavy atom. The third kappa shape index (κ3) is 5.46. The molecule has 0 aliphatic carbocycles. The number of urea groups is 1. The third-order valence-corrected chi connectivity index (χ3v) is 4.64. The van der Waals surface area contributed by atoms with Crippen LogP contribution in [0.3, 0.4) is 0 Å². The highest BCUT2D eigenvalue weighted by Crippen LogP contribution is 2.25. The molecule has 1 heterocycles. The van der Waals surface area contributed by atoms with Crippen LogP contribution in [0, 0.1) is 0 Å². The van der Waals surface area contributed by atoms with Crippen LogP contribution in [0.5, 0.6) is 0 Å². The zero-order valence-corrected chi connectivity index (χ0v) is 16.5. The van der Waals surface area contributed by atoms with Gasteiger partial charge < -0.3 is 14.6 Å². The van der Waals surface area contributed by atoms with Gasteiger partial charge in [0.25, 0.3) is 0 Å². The number of aryl methyl sites for hydroxylation is 1. The number of ether oxygens (including phenoxy) is 1. The summed E-state index contributed by atoms with van der Waals surface area (Å²) in [5, 5.41) is 5.52. The van der Waals surface area contributed by atoms with Gasteiger partial charge in [-0.25, -0.2) is 14.6 Å². The predicted octanol–water partition coefficient (Wildman–Crippen LogP) is 2.56. The number of rotatable bonds is 8. The Bertz CT molecular complexity index is 834. The van der Waals surface area contributed by atoms with Gasteiger partial charge in [0.1, 0.15) is 0 Å². The Morgan fingerprint density at radius 1 is 1.22 bits per heavy atom. The number of benzene rings is 1. The summed E-state index contributed by atoms with van der Waals surface area (Å²) in [4.78, 5) is 39.9. The molecule has 9 heteroatoms. The van der Waals surface area contributed by atoms with Crippen molar-refractivity contribution in [3.63, 3.8) is 0 Å². The first-order valence-corrected chi connectivity index (χ1v) is 9.86. The Kier molecular flexibility index (Phi) is 7.66. The van der Waals surface area contributed by atoms with E-state index in [4.69, 9.17) is 4.74 Å². The number of hydrogen-bond acceptors (Lipinski definition) is 6. The molecule has 1 aromatic carbocycles. The molecule has 0 saturated carbocycles. The van der Waals surface area contributed by atoms with Gasteiger partial charge in [0, 0.05) is 13.1 Å². The third-order valence-electron chi connectivity index (χ3n) is 3.66. The van der Waals surface area contributed by atoms with Crippen molar-refractivity contribution >= 4 is 40.7 Å². The van der Waals surface area contributed by atoms with E-state index >= 15 is 0 Å². The number of esters is 1. The average molecular weight is 392 g/mol. The normalized spacial score (nSPS) is 10.6. The predicted molar refractivity (Wildman–Crippen MR) is 104 cm³/mol. The first kappa shape index (κ1) is 20.8. The van der Waals surface area contributed by atoms with Gasteiger partial charge in [-0.2, -0.15) is 0 Å². The molecule has 0 bridgehead atoms. The fourth-order valence-electron chi connectivity index (χ4n) is 2.44. The minimum Gasteiger partial charge on any atom is -0.462 e. The van der Waals surface area contributed by atoms with E-state index in [0.29, 0.717) is 35.9 Å². The van der Waals surface area contributed by atoms with Crippen molar-refractivity contribution < 1.29 is 19.1 Å². The zero-order valence-electron chi connectivity index (χ0n) is 15.7. The summed E-state index contributed by atoms with van der Waals surface area (Å²) < 4.78 is 6.97. The minimum absolute atomic E-state index is 0.0631. The van der Waals surface area contributed by atoms with Crippen molar-refractivity contribution in [2.24, 2.45) is 0 Å². The monoisotopic (exact) mass is 392 g/mol. The molecule has 0 atom stereocenters. The van der Waals surface area contributed by atoms with Gasteiger partial charge in [-0.1, -0.05) is 18.7 Å². The second-order valence-corrected chi connectivity index (χ2v) is 6.60. The van der Waals surface area contributed by atoms with E-state index in [1.165, 1.54) is 11.8 Å². The van der Waals surface area contributed by atoms with Crippen LogP contribution in [0.1, 0.15) is 37.6 Å². The molecular weight excluding hydrogens is 368 g/mol. The number of thioether (sulfide) groups is 1. The molecule has 3 amide bonds. The Balaban J connectivity index is 2.10. The highest BCUT2D eigenvalue weighted by molar-refractivity contribution is 7.99. The molecule has 2 rings (SSSR count). The Labute approximate surface area is 162 Å². The number of aromatic nitrogens is 2. The summed E-state index contributed by atoms with van der Waals surface area (Å²) in [6, 6.07) is 4.71. The summed E-state index contributed by atoms with van der Waals surface area (Å²) in [5.41, 5.74) is 1.96. The van der Waals surface area contributed by atoms with E-state index in [1.807, 2.05) is 24.5 Å². The van der Waals surface area contributed by atoms with Crippen LogP contribution in [0.2, 0.25) is 0 Å². The molecule has 146 valence electrons. The highest BCUT2D eigenvalue weighted by atomic mass is 32.2. The topological polar surface area (TPSA) is 102 Å². The van der Waals surface area contributed by atoms with Gasteiger partial charge >= 0.3 is 12.0 Å². The summed E-state index contributed by atoms with van der Waals surface area (Å²) >= 11 is 1.24. The van der Waals surface area contributed by atoms with Crippen molar-refractivity contribution in [2.45, 2.75) is 38.9 Å². The lowest BCUT2D eigenvalue weighted by atomic mass is 10.2. The number of carbonyl (C=O) groups is 3. The number of nitrogens with one attached hydrogen (secondary N) is 2. The molecule has 2 aromatic rings. The number of imidazole rings is 1. The van der Waals surface area contributed by atoms with Crippen LogP contribution in [0.4, 0.5) is 4.79 Å². The number of hydrogen-bond donors (Lipinski definition) is 2. The summed E-state index contributed by atoms with van der Waals surface area (Å²) in [6.45, 7) is 7.15. The van der Waals surface area contributed by atoms with Crippen LogP contribution in [0.25, 0.3) is 11.0 Å². The molecule has 27 heavy (non-hydrogen) atoms. The molecule has 0 spiro atoms. The fraction of sp³-hybridized carbons (Fsp3) is 0.444. The summed E-state index contributed by atoms with van der Waals surface area (Å²) in [6.07, 6.45) is 0.796. The molecule has 0 unspecified atom stereocenters. The number of imide groups is 1. The van der Waals surface area contributed by atoms with Crippen molar-refractivity contribution in [1.82, 2.24) is 20.2 Å². The lowest BCUT2D eigenvalue weighted by molar-refractivity contribution is -0.117. The first-order valence-electron chi connectivity index (χ1n) is 8.88. The maximum Gasteiger partial charge on any atom is 0.338 e. The van der Waals surface area contributed by atoms with Gasteiger partial charge in [-0.15, -0.1) is 0 Å². The van der Waals surface area contributed by atoms with Gasteiger partial charge in [-0.3, -0.25) is 10.1 Å².